The number of rotatable bonds is 5. The number of carbonyl (C=O) groups excluding carboxylic acids is 2. The number of benzene rings is 2. The van der Waals surface area contributed by atoms with Gasteiger partial charge in [0.2, 0.25) is 0 Å². The molecule has 0 fully saturated rings. The van der Waals surface area contributed by atoms with E-state index in [2.05, 4.69) is 0 Å². The molecule has 7 heteroatoms. The van der Waals surface area contributed by atoms with Crippen molar-refractivity contribution in [1.29, 1.82) is 0 Å². The van der Waals surface area contributed by atoms with E-state index in [1.165, 1.54) is 12.0 Å². The molecule has 2 aromatic carbocycles. The van der Waals surface area contributed by atoms with Crippen LogP contribution in [0.15, 0.2) is 53.9 Å². The van der Waals surface area contributed by atoms with Gasteiger partial charge < -0.3 is 9.47 Å². The van der Waals surface area contributed by atoms with E-state index in [4.69, 9.17) is 14.5 Å². The zero-order chi connectivity index (χ0) is 21.3. The maximum Gasteiger partial charge on any atom is 0.328 e. The Morgan fingerprint density at radius 2 is 2.00 bits per heavy atom. The molecule has 0 N–H and O–H groups in total. The van der Waals surface area contributed by atoms with Crippen molar-refractivity contribution in [1.82, 2.24) is 4.98 Å². The fourth-order valence-electron chi connectivity index (χ4n) is 3.55. The first kappa shape index (κ1) is 20.1. The number of fused-ring (bicyclic) bond motifs is 1. The fraction of sp³-hybridized carbons (Fsp3) is 0.261. The second kappa shape index (κ2) is 8.28. The molecule has 2 unspecified atom stereocenters. The van der Waals surface area contributed by atoms with Crippen LogP contribution in [0.2, 0.25) is 0 Å². The van der Waals surface area contributed by atoms with Crippen LogP contribution in [0, 0.1) is 0 Å². The van der Waals surface area contributed by atoms with Gasteiger partial charge in [0.1, 0.15) is 16.8 Å². The molecule has 0 saturated heterocycles. The number of amides is 1. The highest BCUT2D eigenvalue weighted by atomic mass is 32.1. The molecule has 1 aliphatic rings. The van der Waals surface area contributed by atoms with Gasteiger partial charge in [0.25, 0.3) is 5.91 Å². The number of aromatic nitrogens is 1. The van der Waals surface area contributed by atoms with Gasteiger partial charge in [-0.05, 0) is 31.5 Å². The van der Waals surface area contributed by atoms with Crippen LogP contribution in [-0.2, 0) is 14.3 Å². The molecular formula is C23H22N2O4S. The summed E-state index contributed by atoms with van der Waals surface area (Å²) in [5, 5.41) is 2.90. The standard InChI is InChI=1S/C23H22N2O4S/c1-4-18(23(27)28-3)25-19-12-16(10-11-20(19)29-14(2)22(25)26)17-13-30-21(24-17)15-8-6-5-7-9-15/h5-14,18H,4H2,1-3H3. The predicted octanol–water partition coefficient (Wildman–Crippen LogP) is 4.54. The van der Waals surface area contributed by atoms with Crippen LogP contribution >= 0.6 is 11.3 Å². The largest absolute Gasteiger partial charge is 0.479 e. The second-order valence-electron chi connectivity index (χ2n) is 7.00. The molecule has 1 amide bonds. The highest BCUT2D eigenvalue weighted by molar-refractivity contribution is 7.13. The topological polar surface area (TPSA) is 68.7 Å². The van der Waals surface area contributed by atoms with Gasteiger partial charge in [-0.1, -0.05) is 37.3 Å². The molecule has 2 heterocycles. The van der Waals surface area contributed by atoms with Gasteiger partial charge in [-0.15, -0.1) is 11.3 Å². The Bertz CT molecular complexity index is 1080. The highest BCUT2D eigenvalue weighted by Crippen LogP contribution is 2.40. The van der Waals surface area contributed by atoms with Gasteiger partial charge in [0.05, 0.1) is 18.5 Å². The Hall–Kier alpha value is -3.19. The smallest absolute Gasteiger partial charge is 0.328 e. The van der Waals surface area contributed by atoms with E-state index in [1.54, 1.807) is 18.3 Å². The lowest BCUT2D eigenvalue weighted by atomic mass is 10.0. The van der Waals surface area contributed by atoms with E-state index in [-0.39, 0.29) is 5.91 Å². The summed E-state index contributed by atoms with van der Waals surface area (Å²) in [6.45, 7) is 3.54. The minimum Gasteiger partial charge on any atom is -0.479 e. The fourth-order valence-corrected chi connectivity index (χ4v) is 4.39. The quantitative estimate of drug-likeness (QED) is 0.565. The molecule has 0 bridgehead atoms. The SMILES string of the molecule is CCC(C(=O)OC)N1C(=O)C(C)Oc2ccc(-c3csc(-c4ccccc4)n3)cc21. The number of nitrogens with zero attached hydrogens (tertiary/aromatic N) is 2. The van der Waals surface area contributed by atoms with E-state index in [0.29, 0.717) is 17.9 Å². The van der Waals surface area contributed by atoms with Gasteiger partial charge in [0, 0.05) is 16.5 Å². The van der Waals surface area contributed by atoms with Gasteiger partial charge in [-0.2, -0.15) is 0 Å². The van der Waals surface area contributed by atoms with Gasteiger partial charge >= 0.3 is 5.97 Å². The number of hydrogen-bond acceptors (Lipinski definition) is 6. The molecule has 6 nitrogen and oxygen atoms in total. The van der Waals surface area contributed by atoms with Crippen molar-refractivity contribution in [3.05, 3.63) is 53.9 Å². The summed E-state index contributed by atoms with van der Waals surface area (Å²) in [5.74, 6) is -0.150. The lowest BCUT2D eigenvalue weighted by Gasteiger charge is -2.36. The summed E-state index contributed by atoms with van der Waals surface area (Å²) in [5.41, 5.74) is 3.26. The highest BCUT2D eigenvalue weighted by Gasteiger charge is 2.39. The van der Waals surface area contributed by atoms with Crippen molar-refractivity contribution >= 4 is 28.9 Å². The summed E-state index contributed by atoms with van der Waals surface area (Å²) in [6.07, 6.45) is -0.241. The van der Waals surface area contributed by atoms with Crippen molar-refractivity contribution in [2.24, 2.45) is 0 Å². The van der Waals surface area contributed by atoms with Gasteiger partial charge in [-0.25, -0.2) is 9.78 Å². The Balaban J connectivity index is 1.76. The van der Waals surface area contributed by atoms with E-state index in [9.17, 15) is 9.59 Å². The summed E-state index contributed by atoms with van der Waals surface area (Å²) >= 11 is 1.56. The number of anilines is 1. The van der Waals surface area contributed by atoms with Crippen LogP contribution in [0.5, 0.6) is 5.75 Å². The van der Waals surface area contributed by atoms with Crippen LogP contribution in [0.1, 0.15) is 20.3 Å². The number of methoxy groups -OCH3 is 1. The Morgan fingerprint density at radius 3 is 2.70 bits per heavy atom. The van der Waals surface area contributed by atoms with Crippen LogP contribution < -0.4 is 9.64 Å². The summed E-state index contributed by atoms with van der Waals surface area (Å²) in [6, 6.07) is 14.9. The first-order valence-electron chi connectivity index (χ1n) is 9.76. The second-order valence-corrected chi connectivity index (χ2v) is 7.86. The lowest BCUT2D eigenvalue weighted by molar-refractivity contribution is -0.144. The van der Waals surface area contributed by atoms with Gasteiger partial charge in [0.15, 0.2) is 6.10 Å². The van der Waals surface area contributed by atoms with Crippen LogP contribution in [0.25, 0.3) is 21.8 Å². The molecule has 154 valence electrons. The van der Waals surface area contributed by atoms with E-state index < -0.39 is 18.1 Å². The Morgan fingerprint density at radius 1 is 1.23 bits per heavy atom. The monoisotopic (exact) mass is 422 g/mol. The maximum atomic E-state index is 12.9. The average Bonchev–Trinajstić information content (AvgIpc) is 3.27. The summed E-state index contributed by atoms with van der Waals surface area (Å²) < 4.78 is 10.7. The first-order valence-corrected chi connectivity index (χ1v) is 10.6. The molecule has 30 heavy (non-hydrogen) atoms. The minimum absolute atomic E-state index is 0.264. The molecule has 0 aliphatic carbocycles. The van der Waals surface area contributed by atoms with Crippen molar-refractivity contribution < 1.29 is 19.1 Å². The molecule has 0 saturated carbocycles. The summed E-state index contributed by atoms with van der Waals surface area (Å²) in [7, 11) is 1.33. The van der Waals surface area contributed by atoms with Crippen molar-refractivity contribution in [3.8, 4) is 27.6 Å². The molecule has 1 aliphatic heterocycles. The molecule has 1 aromatic heterocycles. The zero-order valence-corrected chi connectivity index (χ0v) is 17.8. The number of carbonyl (C=O) groups is 2. The normalized spacial score (nSPS) is 16.6. The molecule has 3 aromatic rings. The van der Waals surface area contributed by atoms with Crippen LogP contribution in [0.4, 0.5) is 5.69 Å². The Labute approximate surface area is 179 Å². The molecule has 4 rings (SSSR count). The Kier molecular flexibility index (Phi) is 5.55. The van der Waals surface area contributed by atoms with Crippen molar-refractivity contribution in [2.75, 3.05) is 12.0 Å². The van der Waals surface area contributed by atoms with E-state index in [0.717, 1.165) is 21.8 Å². The maximum absolute atomic E-state index is 12.9. The van der Waals surface area contributed by atoms with Gasteiger partial charge in [-0.3, -0.25) is 9.69 Å². The summed E-state index contributed by atoms with van der Waals surface area (Å²) in [4.78, 5) is 31.5. The number of esters is 1. The van der Waals surface area contributed by atoms with E-state index in [1.807, 2.05) is 60.8 Å². The zero-order valence-electron chi connectivity index (χ0n) is 17.0. The minimum atomic E-state index is -0.710. The van der Waals surface area contributed by atoms with Crippen molar-refractivity contribution in [2.45, 2.75) is 32.4 Å². The number of thiazole rings is 1. The predicted molar refractivity (Wildman–Crippen MR) is 117 cm³/mol. The molecular weight excluding hydrogens is 400 g/mol. The number of ether oxygens (including phenoxy) is 2. The first-order chi connectivity index (χ1) is 14.5. The number of hydrogen-bond donors (Lipinski definition) is 0. The molecule has 0 spiro atoms. The third kappa shape index (κ3) is 3.57. The van der Waals surface area contributed by atoms with Crippen LogP contribution in [-0.4, -0.2) is 36.1 Å². The third-order valence-corrected chi connectivity index (χ3v) is 5.99. The average molecular weight is 423 g/mol. The van der Waals surface area contributed by atoms with Crippen molar-refractivity contribution in [3.63, 3.8) is 0 Å². The van der Waals surface area contributed by atoms with Crippen LogP contribution in [0.3, 0.4) is 0 Å². The lowest BCUT2D eigenvalue weighted by Crippen LogP contribution is -2.52. The van der Waals surface area contributed by atoms with E-state index >= 15 is 0 Å². The molecule has 2 atom stereocenters. The third-order valence-electron chi connectivity index (χ3n) is 5.10. The molecule has 0 radical (unpaired) electrons.